The number of amides is 3. The third-order valence-corrected chi connectivity index (χ3v) is 8.05. The van der Waals surface area contributed by atoms with E-state index in [9.17, 15) is 32.7 Å². The maximum absolute atomic E-state index is 13.0. The van der Waals surface area contributed by atoms with Gasteiger partial charge in [0.05, 0.1) is 23.2 Å². The first-order valence-corrected chi connectivity index (χ1v) is 13.5. The first kappa shape index (κ1) is 29.5. The third kappa shape index (κ3) is 6.64. The minimum Gasteiger partial charge on any atom is -0.385 e. The predicted molar refractivity (Wildman–Crippen MR) is 142 cm³/mol. The van der Waals surface area contributed by atoms with Crippen molar-refractivity contribution in [3.63, 3.8) is 0 Å². The lowest BCUT2D eigenvalue weighted by Gasteiger charge is -2.44. The van der Waals surface area contributed by atoms with Crippen LogP contribution in [-0.2, 0) is 16.6 Å². The SMILES string of the molecule is CCNC(=O)c1ccc(C2(O)CCC([C@]3(NC(=O)CNC(=O)c4cccc(C(F)(F)F)c4)CCNC3)CC2)cc1. The number of alkyl halides is 3. The molecule has 1 atom stereocenters. The molecule has 1 aliphatic heterocycles. The molecule has 11 heteroatoms. The summed E-state index contributed by atoms with van der Waals surface area (Å²) in [6, 6.07) is 11.0. The van der Waals surface area contributed by atoms with Crippen LogP contribution in [-0.4, -0.2) is 54.5 Å². The molecule has 5 N–H and O–H groups in total. The molecular formula is C29H35F3N4O4. The Labute approximate surface area is 231 Å². The van der Waals surface area contributed by atoms with E-state index in [0.717, 1.165) is 23.8 Å². The lowest BCUT2D eigenvalue weighted by atomic mass is 9.68. The van der Waals surface area contributed by atoms with Crippen LogP contribution in [0.2, 0.25) is 0 Å². The summed E-state index contributed by atoms with van der Waals surface area (Å²) < 4.78 is 38.9. The Hall–Kier alpha value is -3.44. The first-order chi connectivity index (χ1) is 19.0. The number of aliphatic hydroxyl groups is 1. The lowest BCUT2D eigenvalue weighted by molar-refractivity contribution is -0.137. The highest BCUT2D eigenvalue weighted by atomic mass is 19.4. The summed E-state index contributed by atoms with van der Waals surface area (Å²) in [5.74, 6) is -1.27. The van der Waals surface area contributed by atoms with Crippen LogP contribution in [0, 0.1) is 5.92 Å². The normalized spacial score (nSPS) is 24.8. The van der Waals surface area contributed by atoms with Gasteiger partial charge in [0.15, 0.2) is 0 Å². The molecule has 1 heterocycles. The van der Waals surface area contributed by atoms with Gasteiger partial charge < -0.3 is 26.4 Å². The van der Waals surface area contributed by atoms with Crippen molar-refractivity contribution in [3.05, 3.63) is 70.8 Å². The zero-order valence-corrected chi connectivity index (χ0v) is 22.4. The Morgan fingerprint density at radius 1 is 0.975 bits per heavy atom. The van der Waals surface area contributed by atoms with E-state index in [1.165, 1.54) is 6.07 Å². The number of carbonyl (C=O) groups excluding carboxylic acids is 3. The van der Waals surface area contributed by atoms with E-state index in [1.807, 2.05) is 6.92 Å². The van der Waals surface area contributed by atoms with Crippen molar-refractivity contribution < 1.29 is 32.7 Å². The highest BCUT2D eigenvalue weighted by molar-refractivity contribution is 5.96. The van der Waals surface area contributed by atoms with E-state index in [1.54, 1.807) is 24.3 Å². The molecule has 0 spiro atoms. The summed E-state index contributed by atoms with van der Waals surface area (Å²) in [6.45, 7) is 3.26. The topological polar surface area (TPSA) is 120 Å². The van der Waals surface area contributed by atoms with Gasteiger partial charge in [-0.05, 0) is 87.4 Å². The molecule has 1 saturated carbocycles. The van der Waals surface area contributed by atoms with Crippen molar-refractivity contribution in [1.29, 1.82) is 0 Å². The second-order valence-corrected chi connectivity index (χ2v) is 10.6. The number of benzene rings is 2. The summed E-state index contributed by atoms with van der Waals surface area (Å²) in [4.78, 5) is 37.4. The van der Waals surface area contributed by atoms with E-state index in [4.69, 9.17) is 0 Å². The van der Waals surface area contributed by atoms with Crippen molar-refractivity contribution in [2.75, 3.05) is 26.2 Å². The predicted octanol–water partition coefficient (Wildman–Crippen LogP) is 3.11. The molecule has 4 rings (SSSR count). The summed E-state index contributed by atoms with van der Waals surface area (Å²) in [5.41, 5.74) is -1.42. The average molecular weight is 561 g/mol. The van der Waals surface area contributed by atoms with Gasteiger partial charge in [-0.2, -0.15) is 13.2 Å². The molecule has 2 aromatic carbocycles. The van der Waals surface area contributed by atoms with Gasteiger partial charge in [0.2, 0.25) is 5.91 Å². The monoisotopic (exact) mass is 560 g/mol. The number of rotatable bonds is 8. The summed E-state index contributed by atoms with van der Waals surface area (Å²) in [6.07, 6.45) is -1.59. The molecule has 3 amide bonds. The van der Waals surface area contributed by atoms with Crippen LogP contribution in [0.25, 0.3) is 0 Å². The molecule has 40 heavy (non-hydrogen) atoms. The van der Waals surface area contributed by atoms with Crippen LogP contribution < -0.4 is 21.3 Å². The van der Waals surface area contributed by atoms with Gasteiger partial charge in [-0.25, -0.2) is 0 Å². The van der Waals surface area contributed by atoms with E-state index >= 15 is 0 Å². The van der Waals surface area contributed by atoms with Crippen LogP contribution in [0.3, 0.4) is 0 Å². The van der Waals surface area contributed by atoms with E-state index < -0.39 is 34.7 Å². The van der Waals surface area contributed by atoms with Gasteiger partial charge in [0.1, 0.15) is 0 Å². The van der Waals surface area contributed by atoms with E-state index in [2.05, 4.69) is 21.3 Å². The molecule has 2 aromatic rings. The van der Waals surface area contributed by atoms with Crippen molar-refractivity contribution in [3.8, 4) is 0 Å². The van der Waals surface area contributed by atoms with Gasteiger partial charge in [-0.15, -0.1) is 0 Å². The van der Waals surface area contributed by atoms with Crippen LogP contribution in [0.1, 0.15) is 70.9 Å². The summed E-state index contributed by atoms with van der Waals surface area (Å²) >= 11 is 0. The van der Waals surface area contributed by atoms with Crippen LogP contribution in [0.4, 0.5) is 13.2 Å². The lowest BCUT2D eigenvalue weighted by Crippen LogP contribution is -2.58. The third-order valence-electron chi connectivity index (χ3n) is 8.05. The van der Waals surface area contributed by atoms with Crippen molar-refractivity contribution >= 4 is 17.7 Å². The van der Waals surface area contributed by atoms with Crippen LogP contribution in [0.5, 0.6) is 0 Å². The van der Waals surface area contributed by atoms with E-state index in [-0.39, 0.29) is 23.9 Å². The Morgan fingerprint density at radius 3 is 2.25 bits per heavy atom. The quantitative estimate of drug-likeness (QED) is 0.340. The molecule has 0 radical (unpaired) electrons. The second kappa shape index (κ2) is 12.0. The largest absolute Gasteiger partial charge is 0.416 e. The van der Waals surface area contributed by atoms with E-state index in [0.29, 0.717) is 57.3 Å². The highest BCUT2D eigenvalue weighted by Gasteiger charge is 2.46. The summed E-state index contributed by atoms with van der Waals surface area (Å²) in [5, 5.41) is 23.0. The fourth-order valence-corrected chi connectivity index (χ4v) is 5.82. The maximum Gasteiger partial charge on any atom is 0.416 e. The fourth-order valence-electron chi connectivity index (χ4n) is 5.82. The zero-order chi connectivity index (χ0) is 29.0. The van der Waals surface area contributed by atoms with Gasteiger partial charge >= 0.3 is 6.18 Å². The zero-order valence-electron chi connectivity index (χ0n) is 22.4. The maximum atomic E-state index is 13.0. The fraction of sp³-hybridized carbons (Fsp3) is 0.483. The summed E-state index contributed by atoms with van der Waals surface area (Å²) in [7, 11) is 0. The molecule has 216 valence electrons. The van der Waals surface area contributed by atoms with Gasteiger partial charge in [-0.3, -0.25) is 14.4 Å². The number of hydrogen-bond donors (Lipinski definition) is 5. The molecule has 2 fully saturated rings. The Balaban J connectivity index is 1.35. The molecule has 1 saturated heterocycles. The van der Waals surface area contributed by atoms with Crippen LogP contribution in [0.15, 0.2) is 48.5 Å². The van der Waals surface area contributed by atoms with Crippen molar-refractivity contribution in [2.45, 2.75) is 56.3 Å². The standard InChI is InChI=1S/C29H35F3N4O4/c1-2-34-25(38)19-6-8-22(9-7-19)28(40)12-10-21(11-13-28)27(14-15-33-18-27)36-24(37)17-35-26(39)20-4-3-5-23(16-20)29(30,31)32/h3-9,16,21,33,40H,2,10-15,17-18H2,1H3,(H,34,38)(H,35,39)(H,36,37)/t21?,27-,28?/m0/s1. The number of hydrogen-bond acceptors (Lipinski definition) is 5. The number of halogens is 3. The van der Waals surface area contributed by atoms with Crippen molar-refractivity contribution in [2.24, 2.45) is 5.92 Å². The number of carbonyl (C=O) groups is 3. The average Bonchev–Trinajstić information content (AvgIpc) is 3.41. The minimum absolute atomic E-state index is 0.0838. The van der Waals surface area contributed by atoms with Crippen molar-refractivity contribution in [1.82, 2.24) is 21.3 Å². The molecule has 0 unspecified atom stereocenters. The molecule has 1 aliphatic carbocycles. The smallest absolute Gasteiger partial charge is 0.385 e. The second-order valence-electron chi connectivity index (χ2n) is 10.6. The molecule has 2 aliphatic rings. The highest BCUT2D eigenvalue weighted by Crippen LogP contribution is 2.44. The first-order valence-electron chi connectivity index (χ1n) is 13.5. The number of nitrogens with one attached hydrogen (secondary N) is 4. The molecule has 8 nitrogen and oxygen atoms in total. The Kier molecular flexibility index (Phi) is 8.84. The van der Waals surface area contributed by atoms with Gasteiger partial charge in [0, 0.05) is 24.2 Å². The molecular weight excluding hydrogens is 525 g/mol. The minimum atomic E-state index is -4.57. The van der Waals surface area contributed by atoms with Gasteiger partial charge in [-0.1, -0.05) is 18.2 Å². The van der Waals surface area contributed by atoms with Crippen LogP contribution >= 0.6 is 0 Å². The molecule has 0 bridgehead atoms. The Morgan fingerprint density at radius 2 is 1.65 bits per heavy atom. The Bertz CT molecular complexity index is 1220. The van der Waals surface area contributed by atoms with Gasteiger partial charge in [0.25, 0.3) is 11.8 Å². The molecule has 0 aromatic heterocycles.